The molecule has 0 saturated carbocycles. The number of hydrogen-bond donors (Lipinski definition) is 0. The van der Waals surface area contributed by atoms with Crippen molar-refractivity contribution in [2.75, 3.05) is 18.0 Å². The molecule has 0 amide bonds. The van der Waals surface area contributed by atoms with Crippen molar-refractivity contribution in [2.24, 2.45) is 5.92 Å². The molecule has 102 valence electrons. The van der Waals surface area contributed by atoms with Gasteiger partial charge in [0.1, 0.15) is 0 Å². The molecule has 1 nitrogen and oxygen atoms in total. The zero-order valence-electron chi connectivity index (χ0n) is 11.5. The second kappa shape index (κ2) is 8.21. The lowest BCUT2D eigenvalue weighted by Crippen LogP contribution is -2.28. The van der Waals surface area contributed by atoms with Crippen molar-refractivity contribution in [3.8, 4) is 0 Å². The minimum absolute atomic E-state index is 0.791. The molecule has 0 unspecified atom stereocenters. The molecule has 0 saturated heterocycles. The van der Waals surface area contributed by atoms with E-state index in [4.69, 9.17) is 0 Å². The Morgan fingerprint density at radius 2 is 1.83 bits per heavy atom. The summed E-state index contributed by atoms with van der Waals surface area (Å²) in [5.41, 5.74) is 2.62. The third-order valence-electron chi connectivity index (χ3n) is 3.56. The first-order valence-corrected chi connectivity index (χ1v) is 8.66. The Morgan fingerprint density at radius 3 is 2.28 bits per heavy atom. The summed E-state index contributed by atoms with van der Waals surface area (Å²) in [5.74, 6) is 0.791. The molecule has 1 aromatic carbocycles. The summed E-state index contributed by atoms with van der Waals surface area (Å²) in [4.78, 5) is 2.47. The highest BCUT2D eigenvalue weighted by Crippen LogP contribution is 2.26. The molecule has 0 aliphatic carbocycles. The van der Waals surface area contributed by atoms with Crippen LogP contribution >= 0.6 is 31.9 Å². The molecule has 1 aromatic rings. The number of rotatable bonds is 7. The van der Waals surface area contributed by atoms with E-state index in [1.807, 2.05) is 0 Å². The van der Waals surface area contributed by atoms with Gasteiger partial charge in [-0.2, -0.15) is 0 Å². The zero-order chi connectivity index (χ0) is 13.5. The average molecular weight is 377 g/mol. The SMILES string of the molecule is CCC(CC)CN(CC)c1ccc(CBr)c(Br)c1. The van der Waals surface area contributed by atoms with Crippen LogP contribution in [-0.4, -0.2) is 13.1 Å². The maximum Gasteiger partial charge on any atom is 0.0377 e. The maximum atomic E-state index is 3.65. The largest absolute Gasteiger partial charge is 0.372 e. The summed E-state index contributed by atoms with van der Waals surface area (Å²) in [6.45, 7) is 9.02. The van der Waals surface area contributed by atoms with Crippen LogP contribution in [-0.2, 0) is 5.33 Å². The van der Waals surface area contributed by atoms with Crippen molar-refractivity contribution in [1.29, 1.82) is 0 Å². The number of nitrogens with zero attached hydrogens (tertiary/aromatic N) is 1. The number of benzene rings is 1. The highest BCUT2D eigenvalue weighted by atomic mass is 79.9. The zero-order valence-corrected chi connectivity index (χ0v) is 14.7. The molecular formula is C15H23Br2N. The van der Waals surface area contributed by atoms with Gasteiger partial charge in [0.05, 0.1) is 0 Å². The molecular weight excluding hydrogens is 354 g/mol. The number of hydrogen-bond acceptors (Lipinski definition) is 1. The standard InChI is InChI=1S/C15H23Br2N/c1-4-12(5-2)11-18(6-3)14-8-7-13(10-16)15(17)9-14/h7-9,12H,4-6,10-11H2,1-3H3. The van der Waals surface area contributed by atoms with Crippen molar-refractivity contribution in [3.05, 3.63) is 28.2 Å². The minimum atomic E-state index is 0.791. The Bertz CT molecular complexity index is 362. The van der Waals surface area contributed by atoms with Crippen LogP contribution in [0.1, 0.15) is 39.2 Å². The molecule has 0 heterocycles. The molecule has 0 aliphatic rings. The van der Waals surface area contributed by atoms with E-state index in [0.717, 1.165) is 24.3 Å². The first-order valence-electron chi connectivity index (χ1n) is 6.75. The summed E-state index contributed by atoms with van der Waals surface area (Å²) in [6, 6.07) is 6.67. The second-order valence-electron chi connectivity index (χ2n) is 4.63. The third kappa shape index (κ3) is 4.27. The van der Waals surface area contributed by atoms with Gasteiger partial charge in [0.25, 0.3) is 0 Å². The molecule has 3 heteroatoms. The van der Waals surface area contributed by atoms with Gasteiger partial charge in [-0.3, -0.25) is 0 Å². The predicted molar refractivity (Wildman–Crippen MR) is 88.7 cm³/mol. The lowest BCUT2D eigenvalue weighted by atomic mass is 10.0. The van der Waals surface area contributed by atoms with Crippen molar-refractivity contribution in [3.63, 3.8) is 0 Å². The third-order valence-corrected chi connectivity index (χ3v) is 4.90. The normalized spacial score (nSPS) is 11.0. The van der Waals surface area contributed by atoms with Crippen LogP contribution in [0, 0.1) is 5.92 Å². The maximum absolute atomic E-state index is 3.65. The van der Waals surface area contributed by atoms with E-state index in [-0.39, 0.29) is 0 Å². The number of halogens is 2. The van der Waals surface area contributed by atoms with Crippen molar-refractivity contribution in [1.82, 2.24) is 0 Å². The van der Waals surface area contributed by atoms with E-state index in [0.29, 0.717) is 0 Å². The van der Waals surface area contributed by atoms with E-state index in [9.17, 15) is 0 Å². The fourth-order valence-corrected chi connectivity index (χ4v) is 3.49. The Labute approximate surface area is 128 Å². The van der Waals surface area contributed by atoms with E-state index in [2.05, 4.69) is 75.7 Å². The molecule has 0 N–H and O–H groups in total. The highest BCUT2D eigenvalue weighted by molar-refractivity contribution is 9.10. The summed E-state index contributed by atoms with van der Waals surface area (Å²) in [7, 11) is 0. The molecule has 0 spiro atoms. The molecule has 0 fully saturated rings. The number of anilines is 1. The lowest BCUT2D eigenvalue weighted by molar-refractivity contribution is 0.486. The van der Waals surface area contributed by atoms with Crippen LogP contribution in [0.5, 0.6) is 0 Å². The predicted octanol–water partition coefficient (Wildman–Crippen LogP) is 5.61. The highest BCUT2D eigenvalue weighted by Gasteiger charge is 2.11. The molecule has 1 rings (SSSR count). The summed E-state index contributed by atoms with van der Waals surface area (Å²) >= 11 is 7.15. The van der Waals surface area contributed by atoms with Crippen LogP contribution in [0.3, 0.4) is 0 Å². The summed E-state index contributed by atoms with van der Waals surface area (Å²) in [5, 5.41) is 0.895. The Morgan fingerprint density at radius 1 is 1.17 bits per heavy atom. The molecule has 0 atom stereocenters. The van der Waals surface area contributed by atoms with Gasteiger partial charge in [-0.05, 0) is 30.5 Å². The van der Waals surface area contributed by atoms with Gasteiger partial charge in [-0.15, -0.1) is 0 Å². The molecule has 0 aliphatic heterocycles. The van der Waals surface area contributed by atoms with Crippen LogP contribution in [0.4, 0.5) is 5.69 Å². The van der Waals surface area contributed by atoms with Gasteiger partial charge in [0, 0.05) is 28.6 Å². The van der Waals surface area contributed by atoms with E-state index in [1.54, 1.807) is 0 Å². The monoisotopic (exact) mass is 375 g/mol. The van der Waals surface area contributed by atoms with Crippen molar-refractivity contribution >= 4 is 37.5 Å². The van der Waals surface area contributed by atoms with Gasteiger partial charge < -0.3 is 4.90 Å². The van der Waals surface area contributed by atoms with Gasteiger partial charge in [-0.1, -0.05) is 64.6 Å². The Balaban J connectivity index is 2.84. The van der Waals surface area contributed by atoms with Crippen LogP contribution in [0.2, 0.25) is 0 Å². The quantitative estimate of drug-likeness (QED) is 0.559. The van der Waals surface area contributed by atoms with Gasteiger partial charge in [-0.25, -0.2) is 0 Å². The van der Waals surface area contributed by atoms with Crippen LogP contribution < -0.4 is 4.90 Å². The molecule has 0 bridgehead atoms. The molecule has 0 aromatic heterocycles. The van der Waals surface area contributed by atoms with Gasteiger partial charge >= 0.3 is 0 Å². The van der Waals surface area contributed by atoms with Crippen LogP contribution in [0.15, 0.2) is 22.7 Å². The van der Waals surface area contributed by atoms with E-state index < -0.39 is 0 Å². The fraction of sp³-hybridized carbons (Fsp3) is 0.600. The summed E-state index contributed by atoms with van der Waals surface area (Å²) in [6.07, 6.45) is 2.52. The lowest BCUT2D eigenvalue weighted by Gasteiger charge is -2.28. The fourth-order valence-electron chi connectivity index (χ4n) is 2.12. The smallest absolute Gasteiger partial charge is 0.0377 e. The summed E-state index contributed by atoms with van der Waals surface area (Å²) < 4.78 is 1.19. The Hall–Kier alpha value is -0.0200. The van der Waals surface area contributed by atoms with Crippen molar-refractivity contribution in [2.45, 2.75) is 38.9 Å². The second-order valence-corrected chi connectivity index (χ2v) is 6.05. The van der Waals surface area contributed by atoms with E-state index >= 15 is 0 Å². The molecule has 0 radical (unpaired) electrons. The van der Waals surface area contributed by atoms with Gasteiger partial charge in [0.15, 0.2) is 0 Å². The molecule has 18 heavy (non-hydrogen) atoms. The Kier molecular flexibility index (Phi) is 7.31. The minimum Gasteiger partial charge on any atom is -0.372 e. The topological polar surface area (TPSA) is 3.24 Å². The first-order chi connectivity index (χ1) is 8.65. The van der Waals surface area contributed by atoms with Gasteiger partial charge in [0.2, 0.25) is 0 Å². The van der Waals surface area contributed by atoms with E-state index in [1.165, 1.54) is 28.6 Å². The van der Waals surface area contributed by atoms with Crippen LogP contribution in [0.25, 0.3) is 0 Å². The van der Waals surface area contributed by atoms with Crippen molar-refractivity contribution < 1.29 is 0 Å². The average Bonchev–Trinajstić information content (AvgIpc) is 2.40. The number of alkyl halides is 1. The first kappa shape index (κ1) is 16.0.